The maximum Gasteiger partial charge on any atom is 0.274 e. The standard InChI is InChI=1S/C21H32N4O/c1-2-12-25-19-11-10-17(22-16-8-4-5-9-16)15-18(19)20(23-25)21(26)24-13-6-3-7-14-24/h2,16-17,22H,1,3-15H2/t17-/m1/s1. The monoisotopic (exact) mass is 356 g/mol. The van der Waals surface area contributed by atoms with Gasteiger partial charge in [-0.1, -0.05) is 18.9 Å². The first kappa shape index (κ1) is 17.8. The second kappa shape index (κ2) is 7.95. The van der Waals surface area contributed by atoms with Crippen molar-refractivity contribution in [3.05, 3.63) is 29.6 Å². The number of carbonyl (C=O) groups is 1. The Morgan fingerprint density at radius 3 is 2.62 bits per heavy atom. The van der Waals surface area contributed by atoms with Crippen LogP contribution in [0.5, 0.6) is 0 Å². The van der Waals surface area contributed by atoms with Gasteiger partial charge in [0.15, 0.2) is 5.69 Å². The van der Waals surface area contributed by atoms with Gasteiger partial charge in [0.2, 0.25) is 0 Å². The Balaban J connectivity index is 1.56. The van der Waals surface area contributed by atoms with Crippen molar-refractivity contribution in [2.24, 2.45) is 0 Å². The highest BCUT2D eigenvalue weighted by atomic mass is 16.2. The van der Waals surface area contributed by atoms with Crippen LogP contribution in [0.1, 0.15) is 73.1 Å². The highest BCUT2D eigenvalue weighted by molar-refractivity contribution is 5.94. The molecule has 1 aromatic rings. The highest BCUT2D eigenvalue weighted by Gasteiger charge is 2.32. The van der Waals surface area contributed by atoms with E-state index in [0.717, 1.165) is 45.2 Å². The van der Waals surface area contributed by atoms with Gasteiger partial charge in [0, 0.05) is 36.4 Å². The van der Waals surface area contributed by atoms with E-state index in [1.165, 1.54) is 43.4 Å². The number of aromatic nitrogens is 2. The highest BCUT2D eigenvalue weighted by Crippen LogP contribution is 2.28. The van der Waals surface area contributed by atoms with Gasteiger partial charge in [-0.3, -0.25) is 9.48 Å². The molecule has 0 unspecified atom stereocenters. The number of likely N-dealkylation sites (tertiary alicyclic amines) is 1. The van der Waals surface area contributed by atoms with Crippen LogP contribution in [-0.4, -0.2) is 45.8 Å². The summed E-state index contributed by atoms with van der Waals surface area (Å²) < 4.78 is 2.02. The third-order valence-electron chi connectivity index (χ3n) is 6.32. The number of piperidine rings is 1. The van der Waals surface area contributed by atoms with Crippen molar-refractivity contribution in [3.63, 3.8) is 0 Å². The lowest BCUT2D eigenvalue weighted by Gasteiger charge is -2.29. The molecule has 5 nitrogen and oxygen atoms in total. The van der Waals surface area contributed by atoms with E-state index in [1.54, 1.807) is 0 Å². The van der Waals surface area contributed by atoms with Crippen LogP contribution in [-0.2, 0) is 19.4 Å². The largest absolute Gasteiger partial charge is 0.337 e. The van der Waals surface area contributed by atoms with E-state index in [2.05, 4.69) is 11.9 Å². The topological polar surface area (TPSA) is 50.2 Å². The van der Waals surface area contributed by atoms with Gasteiger partial charge in [0.25, 0.3) is 5.91 Å². The van der Waals surface area contributed by atoms with E-state index in [4.69, 9.17) is 5.10 Å². The molecule has 1 aromatic heterocycles. The van der Waals surface area contributed by atoms with Crippen molar-refractivity contribution in [1.82, 2.24) is 20.0 Å². The maximum atomic E-state index is 13.1. The molecule has 1 aliphatic heterocycles. The van der Waals surface area contributed by atoms with Gasteiger partial charge in [0.05, 0.1) is 6.54 Å². The molecule has 1 saturated carbocycles. The molecule has 2 fully saturated rings. The van der Waals surface area contributed by atoms with Crippen molar-refractivity contribution < 1.29 is 4.79 Å². The lowest BCUT2D eigenvalue weighted by molar-refractivity contribution is 0.0716. The van der Waals surface area contributed by atoms with E-state index in [-0.39, 0.29) is 5.91 Å². The van der Waals surface area contributed by atoms with Crippen LogP contribution >= 0.6 is 0 Å². The number of hydrogen-bond acceptors (Lipinski definition) is 3. The van der Waals surface area contributed by atoms with Gasteiger partial charge >= 0.3 is 0 Å². The average Bonchev–Trinajstić information content (AvgIpc) is 3.30. The first-order valence-electron chi connectivity index (χ1n) is 10.5. The van der Waals surface area contributed by atoms with Gasteiger partial charge < -0.3 is 10.2 Å². The zero-order valence-electron chi connectivity index (χ0n) is 15.9. The van der Waals surface area contributed by atoms with Crippen LogP contribution in [0, 0.1) is 0 Å². The van der Waals surface area contributed by atoms with Crippen LogP contribution in [0.2, 0.25) is 0 Å². The summed E-state index contributed by atoms with van der Waals surface area (Å²) in [6, 6.07) is 1.16. The van der Waals surface area contributed by atoms with Crippen molar-refractivity contribution in [2.45, 2.75) is 82.8 Å². The molecule has 1 amide bonds. The Bertz CT molecular complexity index is 653. The maximum absolute atomic E-state index is 13.1. The summed E-state index contributed by atoms with van der Waals surface area (Å²) in [4.78, 5) is 15.2. The number of allylic oxidation sites excluding steroid dienone is 1. The summed E-state index contributed by atoms with van der Waals surface area (Å²) >= 11 is 0. The summed E-state index contributed by atoms with van der Waals surface area (Å²) in [6.07, 6.45) is 13.8. The Hall–Kier alpha value is -1.62. The predicted molar refractivity (Wildman–Crippen MR) is 103 cm³/mol. The van der Waals surface area contributed by atoms with E-state index < -0.39 is 0 Å². The summed E-state index contributed by atoms with van der Waals surface area (Å²) in [5.41, 5.74) is 3.17. The minimum atomic E-state index is 0.144. The average molecular weight is 357 g/mol. The van der Waals surface area contributed by atoms with Crippen LogP contribution in [0.3, 0.4) is 0 Å². The molecular weight excluding hydrogens is 324 g/mol. The summed E-state index contributed by atoms with van der Waals surface area (Å²) in [5.74, 6) is 0.144. The number of fused-ring (bicyclic) bond motifs is 1. The third kappa shape index (κ3) is 3.59. The number of carbonyl (C=O) groups excluding carboxylic acids is 1. The molecule has 3 aliphatic rings. The molecule has 1 atom stereocenters. The van der Waals surface area contributed by atoms with Crippen molar-refractivity contribution in [3.8, 4) is 0 Å². The minimum absolute atomic E-state index is 0.144. The number of nitrogens with zero attached hydrogens (tertiary/aromatic N) is 3. The fourth-order valence-corrected chi connectivity index (χ4v) is 4.95. The number of rotatable bonds is 5. The lowest BCUT2D eigenvalue weighted by Crippen LogP contribution is -2.41. The molecule has 1 N–H and O–H groups in total. The van der Waals surface area contributed by atoms with Crippen molar-refractivity contribution >= 4 is 5.91 Å². The molecule has 0 spiro atoms. The van der Waals surface area contributed by atoms with Crippen molar-refractivity contribution in [2.75, 3.05) is 13.1 Å². The zero-order valence-corrected chi connectivity index (χ0v) is 15.9. The van der Waals surface area contributed by atoms with Gasteiger partial charge in [-0.05, 0) is 51.4 Å². The van der Waals surface area contributed by atoms with Gasteiger partial charge in [0.1, 0.15) is 0 Å². The fourth-order valence-electron chi connectivity index (χ4n) is 4.95. The first-order valence-corrected chi connectivity index (χ1v) is 10.5. The van der Waals surface area contributed by atoms with Gasteiger partial charge in [-0.25, -0.2) is 0 Å². The first-order chi connectivity index (χ1) is 12.8. The zero-order chi connectivity index (χ0) is 17.9. The second-order valence-corrected chi connectivity index (χ2v) is 8.19. The van der Waals surface area contributed by atoms with E-state index in [0.29, 0.717) is 24.3 Å². The molecule has 4 rings (SSSR count). The fraction of sp³-hybridized carbons (Fsp3) is 0.714. The molecule has 1 saturated heterocycles. The summed E-state index contributed by atoms with van der Waals surface area (Å²) in [6.45, 7) is 6.32. The molecule has 26 heavy (non-hydrogen) atoms. The van der Waals surface area contributed by atoms with Crippen LogP contribution in [0.4, 0.5) is 0 Å². The van der Waals surface area contributed by atoms with Crippen molar-refractivity contribution in [1.29, 1.82) is 0 Å². The minimum Gasteiger partial charge on any atom is -0.337 e. The Kier molecular flexibility index (Phi) is 5.44. The van der Waals surface area contributed by atoms with Gasteiger partial charge in [-0.2, -0.15) is 5.10 Å². The van der Waals surface area contributed by atoms with Gasteiger partial charge in [-0.15, -0.1) is 6.58 Å². The number of nitrogens with one attached hydrogen (secondary N) is 1. The molecule has 0 radical (unpaired) electrons. The predicted octanol–water partition coefficient (Wildman–Crippen LogP) is 3.08. The smallest absolute Gasteiger partial charge is 0.274 e. The van der Waals surface area contributed by atoms with E-state index in [9.17, 15) is 4.79 Å². The summed E-state index contributed by atoms with van der Waals surface area (Å²) in [7, 11) is 0. The molecule has 0 aromatic carbocycles. The molecule has 0 bridgehead atoms. The number of amides is 1. The van der Waals surface area contributed by atoms with Crippen LogP contribution < -0.4 is 5.32 Å². The third-order valence-corrected chi connectivity index (χ3v) is 6.32. The lowest BCUT2D eigenvalue weighted by atomic mass is 9.90. The Morgan fingerprint density at radius 2 is 1.88 bits per heavy atom. The Labute approximate surface area is 156 Å². The van der Waals surface area contributed by atoms with Crippen LogP contribution in [0.15, 0.2) is 12.7 Å². The summed E-state index contributed by atoms with van der Waals surface area (Å²) in [5, 5.41) is 8.61. The second-order valence-electron chi connectivity index (χ2n) is 8.19. The van der Waals surface area contributed by atoms with Crippen LogP contribution in [0.25, 0.3) is 0 Å². The van der Waals surface area contributed by atoms with E-state index in [1.807, 2.05) is 15.7 Å². The molecule has 142 valence electrons. The SMILES string of the molecule is C=CCn1nc(C(=O)N2CCCCC2)c2c1CC[C@@H](NC1CCCC1)C2. The molecular formula is C21H32N4O. The molecule has 2 heterocycles. The molecule has 2 aliphatic carbocycles. The quantitative estimate of drug-likeness (QED) is 0.825. The normalized spacial score (nSPS) is 23.8. The number of hydrogen-bond donors (Lipinski definition) is 1. The Morgan fingerprint density at radius 1 is 1.12 bits per heavy atom. The van der Waals surface area contributed by atoms with E-state index >= 15 is 0 Å². The molecule has 5 heteroatoms.